The van der Waals surface area contributed by atoms with Crippen LogP contribution in [-0.4, -0.2) is 30.7 Å². The highest BCUT2D eigenvalue weighted by atomic mass is 35.5. The lowest BCUT2D eigenvalue weighted by atomic mass is 10.1. The average molecular weight is 309 g/mol. The molecule has 1 aromatic rings. The second-order valence-electron chi connectivity index (χ2n) is 5.16. The smallest absolute Gasteiger partial charge is 0.289 e. The molecule has 6 heteroatoms. The van der Waals surface area contributed by atoms with Crippen LogP contribution in [0.4, 0.5) is 5.69 Å². The molecule has 0 radical (unpaired) electrons. The number of rotatable bonds is 7. The van der Waals surface area contributed by atoms with Gasteiger partial charge in [-0.2, -0.15) is 0 Å². The van der Waals surface area contributed by atoms with Crippen molar-refractivity contribution in [3.63, 3.8) is 0 Å². The number of ketones is 1. The van der Waals surface area contributed by atoms with Crippen molar-refractivity contribution in [1.29, 1.82) is 0 Å². The molecule has 0 heterocycles. The summed E-state index contributed by atoms with van der Waals surface area (Å²) in [7, 11) is 0. The number of carbonyl (C=O) groups is 3. The quantitative estimate of drug-likeness (QED) is 0.617. The fourth-order valence-corrected chi connectivity index (χ4v) is 2.21. The van der Waals surface area contributed by atoms with Gasteiger partial charge in [-0.25, -0.2) is 0 Å². The second-order valence-corrected chi connectivity index (χ2v) is 5.56. The number of hydrogen-bond donors (Lipinski definition) is 1. The molecule has 112 valence electrons. The van der Waals surface area contributed by atoms with Gasteiger partial charge >= 0.3 is 0 Å². The lowest BCUT2D eigenvalue weighted by Gasteiger charge is -2.24. The number of benzene rings is 1. The minimum Gasteiger partial charge on any atom is -0.349 e. The van der Waals surface area contributed by atoms with Gasteiger partial charge in [-0.3, -0.25) is 14.4 Å². The summed E-state index contributed by atoms with van der Waals surface area (Å²) in [6.45, 7) is 2.03. The summed E-state index contributed by atoms with van der Waals surface area (Å²) >= 11 is 6.02. The molecular weight excluding hydrogens is 292 g/mol. The molecule has 1 saturated carbocycles. The molecule has 0 spiro atoms. The molecule has 0 aliphatic heterocycles. The fraction of sp³-hybridized carbons (Fsp3) is 0.400. The third kappa shape index (κ3) is 3.82. The summed E-state index contributed by atoms with van der Waals surface area (Å²) in [5.74, 6) is -0.821. The molecule has 1 aliphatic rings. The number of anilines is 1. The van der Waals surface area contributed by atoms with E-state index in [1.54, 1.807) is 24.3 Å². The Balaban J connectivity index is 2.06. The Morgan fingerprint density at radius 2 is 2.10 bits per heavy atom. The van der Waals surface area contributed by atoms with Crippen molar-refractivity contribution in [3.05, 3.63) is 29.3 Å². The van der Waals surface area contributed by atoms with Crippen molar-refractivity contribution in [2.24, 2.45) is 5.92 Å². The number of para-hydroxylation sites is 1. The van der Waals surface area contributed by atoms with Gasteiger partial charge < -0.3 is 10.2 Å². The number of Topliss-reactive ketones (excluding diaryl/α,β-unsaturated/α-hetero) is 1. The number of hydrogen-bond acceptors (Lipinski definition) is 3. The van der Waals surface area contributed by atoms with Gasteiger partial charge in [0, 0.05) is 6.54 Å². The number of amides is 2. The van der Waals surface area contributed by atoms with E-state index in [4.69, 9.17) is 11.6 Å². The van der Waals surface area contributed by atoms with Crippen LogP contribution in [0.5, 0.6) is 0 Å². The first-order valence-electron chi connectivity index (χ1n) is 6.84. The Morgan fingerprint density at radius 3 is 2.67 bits per heavy atom. The van der Waals surface area contributed by atoms with Gasteiger partial charge in [-0.15, -0.1) is 0 Å². The highest BCUT2D eigenvalue weighted by Gasteiger charge is 2.29. The summed E-state index contributed by atoms with van der Waals surface area (Å²) < 4.78 is 0. The SMILES string of the molecule is CC(C(=O)C(=O)NCC1CC1)N(C=O)c1ccccc1Cl. The summed E-state index contributed by atoms with van der Waals surface area (Å²) in [5, 5.41) is 2.96. The highest BCUT2D eigenvalue weighted by molar-refractivity contribution is 6.39. The van der Waals surface area contributed by atoms with E-state index < -0.39 is 17.7 Å². The van der Waals surface area contributed by atoms with Crippen LogP contribution in [0.1, 0.15) is 19.8 Å². The van der Waals surface area contributed by atoms with E-state index in [-0.39, 0.29) is 0 Å². The van der Waals surface area contributed by atoms with Crippen molar-refractivity contribution in [1.82, 2.24) is 5.32 Å². The topological polar surface area (TPSA) is 66.5 Å². The molecule has 1 unspecified atom stereocenters. The van der Waals surface area contributed by atoms with E-state index in [1.807, 2.05) is 0 Å². The van der Waals surface area contributed by atoms with E-state index >= 15 is 0 Å². The van der Waals surface area contributed by atoms with E-state index in [1.165, 1.54) is 11.8 Å². The van der Waals surface area contributed by atoms with Gasteiger partial charge in [0.15, 0.2) is 0 Å². The maximum Gasteiger partial charge on any atom is 0.289 e. The van der Waals surface area contributed by atoms with Gasteiger partial charge in [-0.05, 0) is 37.8 Å². The normalized spacial score (nSPS) is 15.1. The molecule has 1 aliphatic carbocycles. The predicted octanol–water partition coefficient (Wildman–Crippen LogP) is 1.79. The minimum atomic E-state index is -0.901. The van der Waals surface area contributed by atoms with E-state index in [2.05, 4.69) is 5.32 Å². The molecule has 21 heavy (non-hydrogen) atoms. The van der Waals surface area contributed by atoms with Gasteiger partial charge in [0.2, 0.25) is 12.2 Å². The summed E-state index contributed by atoms with van der Waals surface area (Å²) in [5.41, 5.74) is 0.407. The van der Waals surface area contributed by atoms with Gasteiger partial charge in [0.1, 0.15) is 6.04 Å². The van der Waals surface area contributed by atoms with Crippen molar-refractivity contribution in [3.8, 4) is 0 Å². The Labute approximate surface area is 128 Å². The van der Waals surface area contributed by atoms with Crippen LogP contribution in [0.15, 0.2) is 24.3 Å². The van der Waals surface area contributed by atoms with Crippen molar-refractivity contribution in [2.45, 2.75) is 25.8 Å². The maximum atomic E-state index is 12.1. The Bertz CT molecular complexity index is 558. The molecule has 1 aromatic carbocycles. The van der Waals surface area contributed by atoms with Crippen LogP contribution in [0, 0.1) is 5.92 Å². The monoisotopic (exact) mass is 308 g/mol. The first-order chi connectivity index (χ1) is 10.0. The summed E-state index contributed by atoms with van der Waals surface area (Å²) in [6, 6.07) is 5.79. The van der Waals surface area contributed by atoms with Gasteiger partial charge in [0.25, 0.3) is 5.91 Å². The fourth-order valence-electron chi connectivity index (χ4n) is 1.98. The van der Waals surface area contributed by atoms with Gasteiger partial charge in [0.05, 0.1) is 10.7 Å². The molecule has 0 saturated heterocycles. The molecule has 0 bridgehead atoms. The summed E-state index contributed by atoms with van der Waals surface area (Å²) in [4.78, 5) is 36.4. The van der Waals surface area contributed by atoms with Crippen LogP contribution in [0.2, 0.25) is 5.02 Å². The van der Waals surface area contributed by atoms with Crippen molar-refractivity contribution < 1.29 is 14.4 Å². The molecule has 0 aromatic heterocycles. The number of nitrogens with one attached hydrogen (secondary N) is 1. The third-order valence-corrected chi connectivity index (χ3v) is 3.83. The Kier molecular flexibility index (Phi) is 4.96. The molecule has 5 nitrogen and oxygen atoms in total. The molecule has 1 N–H and O–H groups in total. The van der Waals surface area contributed by atoms with Crippen LogP contribution in [-0.2, 0) is 14.4 Å². The van der Waals surface area contributed by atoms with Gasteiger partial charge in [-0.1, -0.05) is 23.7 Å². The van der Waals surface area contributed by atoms with Crippen LogP contribution >= 0.6 is 11.6 Å². The Hall–Kier alpha value is -1.88. The van der Waals surface area contributed by atoms with Crippen LogP contribution < -0.4 is 10.2 Å². The van der Waals surface area contributed by atoms with Crippen LogP contribution in [0.3, 0.4) is 0 Å². The Morgan fingerprint density at radius 1 is 1.43 bits per heavy atom. The average Bonchev–Trinajstić information content (AvgIpc) is 3.30. The molecule has 2 amide bonds. The zero-order valence-electron chi connectivity index (χ0n) is 11.7. The zero-order chi connectivity index (χ0) is 15.4. The third-order valence-electron chi connectivity index (χ3n) is 3.51. The standard InChI is InChI=1S/C15H17ClN2O3/c1-10(14(20)15(21)17-8-11-6-7-11)18(9-19)13-5-3-2-4-12(13)16/h2-5,9-11H,6-8H2,1H3,(H,17,21). The van der Waals surface area contributed by atoms with Crippen LogP contribution in [0.25, 0.3) is 0 Å². The number of halogens is 1. The van der Waals surface area contributed by atoms with Crippen molar-refractivity contribution >= 4 is 35.4 Å². The van der Waals surface area contributed by atoms with E-state index in [9.17, 15) is 14.4 Å². The summed E-state index contributed by atoms with van der Waals surface area (Å²) in [6.07, 6.45) is 2.69. The molecular formula is C15H17ClN2O3. The first-order valence-corrected chi connectivity index (χ1v) is 7.22. The van der Waals surface area contributed by atoms with Crippen molar-refractivity contribution in [2.75, 3.05) is 11.4 Å². The zero-order valence-corrected chi connectivity index (χ0v) is 12.5. The minimum absolute atomic E-state index is 0.350. The van der Waals surface area contributed by atoms with E-state index in [0.717, 1.165) is 12.8 Å². The predicted molar refractivity (Wildman–Crippen MR) is 80.2 cm³/mol. The van der Waals surface area contributed by atoms with E-state index in [0.29, 0.717) is 29.6 Å². The second kappa shape index (κ2) is 6.72. The lowest BCUT2D eigenvalue weighted by molar-refractivity contribution is -0.138. The number of carbonyl (C=O) groups excluding carboxylic acids is 3. The highest BCUT2D eigenvalue weighted by Crippen LogP contribution is 2.28. The first kappa shape index (κ1) is 15.5. The molecule has 2 rings (SSSR count). The number of nitrogens with zero attached hydrogens (tertiary/aromatic N) is 1. The lowest BCUT2D eigenvalue weighted by Crippen LogP contribution is -2.46. The maximum absolute atomic E-state index is 12.1. The molecule has 1 atom stereocenters. The largest absolute Gasteiger partial charge is 0.349 e. The molecule has 1 fully saturated rings.